The van der Waals surface area contributed by atoms with E-state index in [0.717, 1.165) is 16.5 Å². The first kappa shape index (κ1) is 18.8. The molecule has 0 atom stereocenters. The summed E-state index contributed by atoms with van der Waals surface area (Å²) < 4.78 is 11.4. The molecule has 0 unspecified atom stereocenters. The highest BCUT2D eigenvalue weighted by Crippen LogP contribution is 2.23. The summed E-state index contributed by atoms with van der Waals surface area (Å²) >= 11 is 0. The van der Waals surface area contributed by atoms with Crippen LogP contribution < -0.4 is 5.48 Å². The largest absolute Gasteiger partial charge is 0.451 e. The molecule has 0 aliphatic carbocycles. The first-order valence-corrected chi connectivity index (χ1v) is 8.10. The molecule has 0 bridgehead atoms. The Morgan fingerprint density at radius 1 is 1.20 bits per heavy atom. The minimum absolute atomic E-state index is 0.334. The van der Waals surface area contributed by atoms with E-state index in [1.807, 2.05) is 45.0 Å². The van der Waals surface area contributed by atoms with E-state index < -0.39 is 17.8 Å². The molecule has 1 aromatic heterocycles. The Morgan fingerprint density at radius 2 is 1.92 bits per heavy atom. The number of nitrogens with one attached hydrogen (secondary N) is 1. The van der Waals surface area contributed by atoms with E-state index in [9.17, 15) is 9.59 Å². The smallest absolute Gasteiger partial charge is 0.431 e. The van der Waals surface area contributed by atoms with Gasteiger partial charge in [-0.05, 0) is 45.2 Å². The number of para-hydroxylation sites is 1. The van der Waals surface area contributed by atoms with E-state index in [1.165, 1.54) is 11.7 Å². The molecule has 0 fully saturated rings. The van der Waals surface area contributed by atoms with Crippen molar-refractivity contribution in [1.29, 1.82) is 0 Å². The monoisotopic (exact) mass is 348 g/mol. The molecule has 2 rings (SSSR count). The number of hydrogen-bond donors (Lipinski definition) is 1. The SMILES string of the molecule is COC(=O)NOCCCc1cn(C(=O)OC(C)(C)C)c2ccccc12. The van der Waals surface area contributed by atoms with Crippen molar-refractivity contribution in [2.45, 2.75) is 39.2 Å². The molecule has 0 aliphatic rings. The maximum Gasteiger partial charge on any atom is 0.431 e. The van der Waals surface area contributed by atoms with Crippen molar-refractivity contribution < 1.29 is 23.9 Å². The number of rotatable bonds is 5. The molecular formula is C18H24N2O5. The number of hydrogen-bond acceptors (Lipinski definition) is 5. The predicted octanol–water partition coefficient (Wildman–Crippen LogP) is 3.64. The third-order valence-electron chi connectivity index (χ3n) is 3.42. The number of aromatic nitrogens is 1. The molecule has 0 spiro atoms. The van der Waals surface area contributed by atoms with Gasteiger partial charge in [-0.15, -0.1) is 0 Å². The van der Waals surface area contributed by atoms with Gasteiger partial charge in [0.05, 0.1) is 19.2 Å². The third-order valence-corrected chi connectivity index (χ3v) is 3.42. The van der Waals surface area contributed by atoms with Crippen LogP contribution in [0.5, 0.6) is 0 Å². The average Bonchev–Trinajstić information content (AvgIpc) is 2.92. The van der Waals surface area contributed by atoms with Gasteiger partial charge in [0.25, 0.3) is 0 Å². The van der Waals surface area contributed by atoms with Gasteiger partial charge in [-0.1, -0.05) is 18.2 Å². The molecule has 2 aromatic rings. The second-order valence-electron chi connectivity index (χ2n) is 6.57. The van der Waals surface area contributed by atoms with Crippen LogP contribution in [0.3, 0.4) is 0 Å². The molecule has 0 saturated carbocycles. The van der Waals surface area contributed by atoms with Crippen LogP contribution >= 0.6 is 0 Å². The van der Waals surface area contributed by atoms with Gasteiger partial charge in [0, 0.05) is 11.6 Å². The molecule has 1 heterocycles. The van der Waals surface area contributed by atoms with Crippen molar-refractivity contribution in [3.63, 3.8) is 0 Å². The molecule has 7 nitrogen and oxygen atoms in total. The fourth-order valence-corrected chi connectivity index (χ4v) is 2.40. The number of nitrogens with zero attached hydrogens (tertiary/aromatic N) is 1. The Labute approximate surface area is 146 Å². The lowest BCUT2D eigenvalue weighted by Crippen LogP contribution is -2.26. The summed E-state index contributed by atoms with van der Waals surface area (Å²) in [6, 6.07) is 7.67. The van der Waals surface area contributed by atoms with Gasteiger partial charge in [0.2, 0.25) is 0 Å². The van der Waals surface area contributed by atoms with Crippen molar-refractivity contribution >= 4 is 23.1 Å². The summed E-state index contributed by atoms with van der Waals surface area (Å²) in [5, 5.41) is 0.995. The van der Waals surface area contributed by atoms with Gasteiger partial charge in [0.15, 0.2) is 0 Å². The molecule has 25 heavy (non-hydrogen) atoms. The average molecular weight is 348 g/mol. The van der Waals surface area contributed by atoms with Crippen LogP contribution in [0.15, 0.2) is 30.5 Å². The number of hydroxylamine groups is 1. The van der Waals surface area contributed by atoms with Crippen molar-refractivity contribution in [2.24, 2.45) is 0 Å². The number of fused-ring (bicyclic) bond motifs is 1. The van der Waals surface area contributed by atoms with E-state index >= 15 is 0 Å². The molecule has 0 aliphatic heterocycles. The normalized spacial score (nSPS) is 11.4. The highest BCUT2D eigenvalue weighted by atomic mass is 16.7. The standard InChI is InChI=1S/C18H24N2O5/c1-18(2,3)25-17(22)20-12-13(14-9-5-6-10-15(14)20)8-7-11-24-19-16(21)23-4/h5-6,9-10,12H,7-8,11H2,1-4H3,(H,19,21). The number of carbonyl (C=O) groups is 2. The fraction of sp³-hybridized carbons (Fsp3) is 0.444. The lowest BCUT2D eigenvalue weighted by molar-refractivity contribution is 0.0341. The summed E-state index contributed by atoms with van der Waals surface area (Å²) in [7, 11) is 1.27. The summed E-state index contributed by atoms with van der Waals surface area (Å²) in [5.41, 5.74) is 3.43. The van der Waals surface area contributed by atoms with Gasteiger partial charge in [-0.2, -0.15) is 5.48 Å². The Kier molecular flexibility index (Phi) is 6.03. The van der Waals surface area contributed by atoms with Gasteiger partial charge < -0.3 is 9.47 Å². The van der Waals surface area contributed by atoms with Crippen molar-refractivity contribution in [3.8, 4) is 0 Å². The van der Waals surface area contributed by atoms with Gasteiger partial charge in [-0.25, -0.2) is 9.59 Å². The third kappa shape index (κ3) is 5.22. The van der Waals surface area contributed by atoms with Crippen LogP contribution in [-0.4, -0.2) is 36.1 Å². The molecular weight excluding hydrogens is 324 g/mol. The molecule has 7 heteroatoms. The zero-order chi connectivity index (χ0) is 18.4. The van der Waals surface area contributed by atoms with Crippen LogP contribution in [0.1, 0.15) is 32.8 Å². The highest BCUT2D eigenvalue weighted by Gasteiger charge is 2.20. The Bertz CT molecular complexity index is 745. The molecule has 136 valence electrons. The molecule has 1 aromatic carbocycles. The van der Waals surface area contributed by atoms with Crippen LogP contribution in [0.4, 0.5) is 9.59 Å². The Morgan fingerprint density at radius 3 is 2.60 bits per heavy atom. The zero-order valence-electron chi connectivity index (χ0n) is 15.0. The minimum atomic E-state index is -0.637. The van der Waals surface area contributed by atoms with Gasteiger partial charge in [0.1, 0.15) is 5.60 Å². The maximum atomic E-state index is 12.4. The number of methoxy groups -OCH3 is 1. The number of benzene rings is 1. The van der Waals surface area contributed by atoms with E-state index in [4.69, 9.17) is 9.57 Å². The predicted molar refractivity (Wildman–Crippen MR) is 93.4 cm³/mol. The minimum Gasteiger partial charge on any atom is -0.451 e. The van der Waals surface area contributed by atoms with Crippen molar-refractivity contribution in [1.82, 2.24) is 10.0 Å². The molecule has 0 saturated heterocycles. The summed E-state index contributed by atoms with van der Waals surface area (Å²) in [6.45, 7) is 5.84. The van der Waals surface area contributed by atoms with Crippen LogP contribution in [-0.2, 0) is 20.7 Å². The number of aryl methyl sites for hydroxylation is 1. The quantitative estimate of drug-likeness (QED) is 0.659. The first-order chi connectivity index (χ1) is 11.8. The summed E-state index contributed by atoms with van der Waals surface area (Å²) in [4.78, 5) is 28.3. The fourth-order valence-electron chi connectivity index (χ4n) is 2.40. The second-order valence-corrected chi connectivity index (χ2v) is 6.57. The van der Waals surface area contributed by atoms with Crippen LogP contribution in [0.25, 0.3) is 10.9 Å². The van der Waals surface area contributed by atoms with E-state index in [-0.39, 0.29) is 0 Å². The lowest BCUT2D eigenvalue weighted by atomic mass is 10.1. The summed E-state index contributed by atoms with van der Waals surface area (Å²) in [6.07, 6.45) is 2.12. The Hall–Kier alpha value is -2.54. The molecule has 0 radical (unpaired) electrons. The molecule has 1 amide bonds. The van der Waals surface area contributed by atoms with Crippen LogP contribution in [0.2, 0.25) is 0 Å². The topological polar surface area (TPSA) is 78.8 Å². The highest BCUT2D eigenvalue weighted by molar-refractivity contribution is 5.92. The van der Waals surface area contributed by atoms with Gasteiger partial charge >= 0.3 is 12.2 Å². The second kappa shape index (κ2) is 8.02. The lowest BCUT2D eigenvalue weighted by Gasteiger charge is -2.19. The maximum absolute atomic E-state index is 12.4. The van der Waals surface area contributed by atoms with Gasteiger partial charge in [-0.3, -0.25) is 9.40 Å². The van der Waals surface area contributed by atoms with E-state index in [2.05, 4.69) is 10.2 Å². The number of amides is 1. The number of ether oxygens (including phenoxy) is 2. The summed E-state index contributed by atoms with van der Waals surface area (Å²) in [5.74, 6) is 0. The van der Waals surface area contributed by atoms with E-state index in [0.29, 0.717) is 19.4 Å². The van der Waals surface area contributed by atoms with Crippen molar-refractivity contribution in [3.05, 3.63) is 36.0 Å². The van der Waals surface area contributed by atoms with Crippen LogP contribution in [0, 0.1) is 0 Å². The van der Waals surface area contributed by atoms with E-state index in [1.54, 1.807) is 6.20 Å². The number of carbonyl (C=O) groups excluding carboxylic acids is 2. The Balaban J connectivity index is 2.08. The van der Waals surface area contributed by atoms with Crippen molar-refractivity contribution in [2.75, 3.05) is 13.7 Å². The zero-order valence-corrected chi connectivity index (χ0v) is 15.0. The molecule has 1 N–H and O–H groups in total. The first-order valence-electron chi connectivity index (χ1n) is 8.10.